The van der Waals surface area contributed by atoms with Crippen molar-refractivity contribution >= 4 is 5.97 Å². The molecule has 0 aliphatic carbocycles. The molecule has 4 aliphatic heterocycles. The van der Waals surface area contributed by atoms with Crippen molar-refractivity contribution in [1.82, 2.24) is 0 Å². The molecule has 18 heteroatoms. The van der Waals surface area contributed by atoms with Gasteiger partial charge in [-0.3, -0.25) is 4.79 Å². The third kappa shape index (κ3) is 15.0. The lowest BCUT2D eigenvalue weighted by atomic mass is 9.93. The molecule has 0 saturated carbocycles. The highest BCUT2D eigenvalue weighted by Gasteiger charge is 2.52. The lowest BCUT2D eigenvalue weighted by molar-refractivity contribution is -0.369. The number of carbonyl (C=O) groups is 1. The molecule has 0 amide bonds. The number of hydrogen-bond donors (Lipinski definition) is 9. The second-order valence-electron chi connectivity index (χ2n) is 18.4. The Kier molecular flexibility index (Phi) is 23.9. The summed E-state index contributed by atoms with van der Waals surface area (Å²) in [5.74, 6) is -0.518. The first kappa shape index (κ1) is 56.2. The second-order valence-corrected chi connectivity index (χ2v) is 18.4. The number of esters is 1. The van der Waals surface area contributed by atoms with E-state index in [2.05, 4.69) is 19.1 Å². The molecule has 4 saturated heterocycles. The average molecular weight is 937 g/mol. The molecule has 18 nitrogen and oxygen atoms in total. The van der Waals surface area contributed by atoms with Crippen LogP contribution in [0.5, 0.6) is 0 Å². The first-order valence-corrected chi connectivity index (χ1v) is 24.6. The molecule has 65 heavy (non-hydrogen) atoms. The predicted molar refractivity (Wildman–Crippen MR) is 235 cm³/mol. The highest BCUT2D eigenvalue weighted by molar-refractivity contribution is 5.69. The van der Waals surface area contributed by atoms with Gasteiger partial charge in [0, 0.05) is 12.3 Å². The smallest absolute Gasteiger partial charge is 0.306 e. The van der Waals surface area contributed by atoms with Crippen LogP contribution in [0, 0.1) is 5.92 Å². The normalized spacial score (nSPS) is 41.4. The summed E-state index contributed by atoms with van der Waals surface area (Å²) in [6.07, 6.45) is -9.12. The van der Waals surface area contributed by atoms with Gasteiger partial charge >= 0.3 is 5.97 Å². The van der Waals surface area contributed by atoms with E-state index in [4.69, 9.17) is 37.9 Å². The number of rotatable bonds is 25. The number of aliphatic hydroxyl groups is 9. The molecule has 0 aromatic carbocycles. The van der Waals surface area contributed by atoms with E-state index in [0.29, 0.717) is 32.1 Å². The van der Waals surface area contributed by atoms with E-state index in [9.17, 15) is 50.8 Å². The van der Waals surface area contributed by atoms with Crippen LogP contribution in [0.25, 0.3) is 0 Å². The zero-order valence-corrected chi connectivity index (χ0v) is 39.7. The summed E-state index contributed by atoms with van der Waals surface area (Å²) >= 11 is 0. The Hall–Kier alpha value is -1.43. The minimum atomic E-state index is -1.62. The summed E-state index contributed by atoms with van der Waals surface area (Å²) in [6.45, 7) is 13.0. The fourth-order valence-electron chi connectivity index (χ4n) is 9.29. The van der Waals surface area contributed by atoms with Crippen LogP contribution in [-0.4, -0.2) is 181 Å². The lowest BCUT2D eigenvalue weighted by Gasteiger charge is -2.47. The Morgan fingerprint density at radius 1 is 0.538 bits per heavy atom. The minimum absolute atomic E-state index is 0.00969. The van der Waals surface area contributed by atoms with Gasteiger partial charge in [-0.15, -0.1) is 0 Å². The van der Waals surface area contributed by atoms with E-state index in [0.717, 1.165) is 57.8 Å². The Morgan fingerprint density at radius 2 is 1.03 bits per heavy atom. The van der Waals surface area contributed by atoms with Crippen LogP contribution < -0.4 is 0 Å². The highest BCUT2D eigenvalue weighted by atomic mass is 16.8. The van der Waals surface area contributed by atoms with Crippen LogP contribution in [0.3, 0.4) is 0 Å². The SMILES string of the molecule is CCCCCC(C=CCCCCCCCC(=O)O[C@@H]1C(CC)O[C@@H](OC2C(C)OC(CC)[C@@H](O)[C@@H]2O)C(O)[C@H]1O)C(C)O[C@@H]1OC(CC)[C@@H](O)[C@H](O)C1O[C@@H]1OC(CC)[C@@H](O)[C@H](O)C1O. The van der Waals surface area contributed by atoms with Gasteiger partial charge in [0.05, 0.1) is 30.5 Å². The van der Waals surface area contributed by atoms with Crippen molar-refractivity contribution in [2.24, 2.45) is 5.92 Å². The predicted octanol–water partition coefficient (Wildman–Crippen LogP) is 2.41. The molecule has 9 N–H and O–H groups in total. The zero-order valence-electron chi connectivity index (χ0n) is 39.7. The summed E-state index contributed by atoms with van der Waals surface area (Å²) in [7, 11) is 0. The van der Waals surface area contributed by atoms with Gasteiger partial charge in [0.15, 0.2) is 25.0 Å². The molecule has 0 radical (unpaired) electrons. The van der Waals surface area contributed by atoms with Crippen molar-refractivity contribution in [2.45, 2.75) is 274 Å². The summed E-state index contributed by atoms with van der Waals surface area (Å²) in [5, 5.41) is 96.7. The van der Waals surface area contributed by atoms with E-state index in [1.165, 1.54) is 0 Å². The number of carbonyl (C=O) groups excluding carboxylic acids is 1. The van der Waals surface area contributed by atoms with Crippen molar-refractivity contribution in [3.05, 3.63) is 12.2 Å². The molecule has 22 atom stereocenters. The van der Waals surface area contributed by atoms with Crippen molar-refractivity contribution in [3.8, 4) is 0 Å². The minimum Gasteiger partial charge on any atom is -0.457 e. The van der Waals surface area contributed by atoms with Crippen molar-refractivity contribution in [1.29, 1.82) is 0 Å². The molecular formula is C47H84O18. The summed E-state index contributed by atoms with van der Waals surface area (Å²) in [5.41, 5.74) is 0. The first-order valence-electron chi connectivity index (χ1n) is 24.6. The van der Waals surface area contributed by atoms with Gasteiger partial charge in [0.1, 0.15) is 73.2 Å². The third-order valence-electron chi connectivity index (χ3n) is 13.6. The van der Waals surface area contributed by atoms with E-state index < -0.39 is 135 Å². The molecule has 4 heterocycles. The molecule has 0 spiro atoms. The summed E-state index contributed by atoms with van der Waals surface area (Å²) < 4.78 is 47.6. The van der Waals surface area contributed by atoms with Crippen molar-refractivity contribution in [3.63, 3.8) is 0 Å². The lowest BCUT2D eigenvalue weighted by Crippen LogP contribution is -2.64. The molecule has 0 aromatic rings. The first-order chi connectivity index (χ1) is 31.0. The average Bonchev–Trinajstić information content (AvgIpc) is 3.29. The molecule has 0 bridgehead atoms. The molecule has 11 unspecified atom stereocenters. The monoisotopic (exact) mass is 937 g/mol. The molecule has 4 rings (SSSR count). The van der Waals surface area contributed by atoms with Gasteiger partial charge in [-0.1, -0.05) is 85.3 Å². The van der Waals surface area contributed by atoms with E-state index in [-0.39, 0.29) is 12.3 Å². The number of hydrogen-bond acceptors (Lipinski definition) is 18. The maximum Gasteiger partial charge on any atom is 0.306 e. The van der Waals surface area contributed by atoms with Crippen LogP contribution in [0.2, 0.25) is 0 Å². The maximum atomic E-state index is 12.9. The van der Waals surface area contributed by atoms with Gasteiger partial charge in [-0.25, -0.2) is 0 Å². The zero-order chi connectivity index (χ0) is 48.0. The van der Waals surface area contributed by atoms with Gasteiger partial charge < -0.3 is 83.9 Å². The maximum absolute atomic E-state index is 12.9. The molecule has 4 aliphatic rings. The summed E-state index contributed by atoms with van der Waals surface area (Å²) in [6, 6.07) is 0. The highest BCUT2D eigenvalue weighted by Crippen LogP contribution is 2.34. The molecule has 380 valence electrons. The molecule has 0 aromatic heterocycles. The van der Waals surface area contributed by atoms with Gasteiger partial charge in [-0.05, 0) is 65.2 Å². The number of unbranched alkanes of at least 4 members (excludes halogenated alkanes) is 7. The quantitative estimate of drug-likeness (QED) is 0.0361. The molecular weight excluding hydrogens is 852 g/mol. The third-order valence-corrected chi connectivity index (χ3v) is 13.6. The summed E-state index contributed by atoms with van der Waals surface area (Å²) in [4.78, 5) is 12.9. The Morgan fingerprint density at radius 3 is 1.65 bits per heavy atom. The fourth-order valence-corrected chi connectivity index (χ4v) is 9.29. The number of ether oxygens (including phenoxy) is 8. The van der Waals surface area contributed by atoms with E-state index in [1.54, 1.807) is 20.8 Å². The van der Waals surface area contributed by atoms with Gasteiger partial charge in [0.25, 0.3) is 0 Å². The van der Waals surface area contributed by atoms with E-state index in [1.807, 2.05) is 20.8 Å². The fraction of sp³-hybridized carbons (Fsp3) is 0.936. The van der Waals surface area contributed by atoms with Crippen LogP contribution in [0.15, 0.2) is 12.2 Å². The number of aliphatic hydroxyl groups excluding tert-OH is 9. The van der Waals surface area contributed by atoms with Crippen LogP contribution >= 0.6 is 0 Å². The van der Waals surface area contributed by atoms with Crippen LogP contribution in [0.4, 0.5) is 0 Å². The van der Waals surface area contributed by atoms with E-state index >= 15 is 0 Å². The number of allylic oxidation sites excluding steroid dienone is 1. The van der Waals surface area contributed by atoms with Crippen molar-refractivity contribution in [2.75, 3.05) is 0 Å². The van der Waals surface area contributed by atoms with Crippen LogP contribution in [-0.2, 0) is 42.7 Å². The van der Waals surface area contributed by atoms with Gasteiger partial charge in [0.2, 0.25) is 0 Å². The van der Waals surface area contributed by atoms with Gasteiger partial charge in [-0.2, -0.15) is 0 Å². The standard InChI is InChI=1S/C47H84O18/c1-8-13-19-22-27(25(6)59-47-44(38(54)35(51)30(11-4)61-47)65-45-40(56)36(52)33(49)29(10-3)60-45)23-20-17-15-14-16-18-21-24-32(48)63-43-31(12-5)62-46(41(57)39(43)55)64-42-26(7)58-28(9-2)34(50)37(42)53/h20,23,25-31,33-47,49-57H,8-19,21-22,24H2,1-7H3/t25?,26?,27?,28?,29?,30?,31?,33-,34-,35-,36+,37+,38+,39-,40?,41?,42?,43-,44?,45+,46+,47-/m1/s1. The second kappa shape index (κ2) is 27.7. The van der Waals surface area contributed by atoms with Crippen LogP contribution in [0.1, 0.15) is 145 Å². The largest absolute Gasteiger partial charge is 0.457 e. The Balaban J connectivity index is 1.22. The Labute approximate surface area is 385 Å². The van der Waals surface area contributed by atoms with Crippen molar-refractivity contribution < 1.29 is 88.6 Å². The topological polar surface area (TPSA) is 273 Å². The molecule has 4 fully saturated rings. The Bertz CT molecular complexity index is 1370.